The minimum absolute atomic E-state index is 0.249. The fourth-order valence-electron chi connectivity index (χ4n) is 3.42. The molecule has 0 N–H and O–H groups in total. The van der Waals surface area contributed by atoms with Crippen molar-refractivity contribution in [3.8, 4) is 10.6 Å². The summed E-state index contributed by atoms with van der Waals surface area (Å²) in [6.07, 6.45) is 0. The molecule has 1 atom stereocenters. The van der Waals surface area contributed by atoms with E-state index in [2.05, 4.69) is 6.07 Å². The number of ether oxygens (including phenoxy) is 2. The van der Waals surface area contributed by atoms with Crippen molar-refractivity contribution in [2.45, 2.75) is 26.4 Å². The van der Waals surface area contributed by atoms with E-state index in [-0.39, 0.29) is 17.5 Å². The second kappa shape index (κ2) is 7.16. The van der Waals surface area contributed by atoms with Crippen molar-refractivity contribution in [3.05, 3.63) is 72.0 Å². The van der Waals surface area contributed by atoms with Crippen molar-refractivity contribution < 1.29 is 18.7 Å². The van der Waals surface area contributed by atoms with Crippen LogP contribution in [0.4, 0.5) is 4.39 Å². The standard InChI is InChI=1S/C24H22FO3S/c1-24(2,3)28-20-11-10-16(14-19(20)25)29-21-8-6-5-7-17(21)18-13-15(23(26)27-4)9-12-22(18)29/h5-14H,1-4H3/q+1. The van der Waals surface area contributed by atoms with Gasteiger partial charge in [0.2, 0.25) is 0 Å². The summed E-state index contributed by atoms with van der Waals surface area (Å²) in [6, 6.07) is 18.8. The summed E-state index contributed by atoms with van der Waals surface area (Å²) in [7, 11) is 0.920. The number of esters is 1. The highest BCUT2D eigenvalue weighted by molar-refractivity contribution is 7.50. The molecule has 4 rings (SSSR count). The molecule has 148 valence electrons. The molecule has 1 unspecified atom stereocenters. The van der Waals surface area contributed by atoms with Crippen LogP contribution in [0.1, 0.15) is 31.1 Å². The second-order valence-electron chi connectivity index (χ2n) is 7.81. The zero-order chi connectivity index (χ0) is 20.8. The van der Waals surface area contributed by atoms with Gasteiger partial charge in [0.05, 0.1) is 12.7 Å². The number of fused-ring (bicyclic) bond motifs is 3. The van der Waals surface area contributed by atoms with E-state index >= 15 is 0 Å². The Morgan fingerprint density at radius 2 is 1.66 bits per heavy atom. The molecule has 0 bridgehead atoms. The van der Waals surface area contributed by atoms with E-state index in [0.717, 1.165) is 25.1 Å². The number of benzene rings is 3. The summed E-state index contributed by atoms with van der Waals surface area (Å²) in [6.45, 7) is 5.68. The third-order valence-electron chi connectivity index (χ3n) is 4.57. The van der Waals surface area contributed by atoms with E-state index in [1.54, 1.807) is 18.2 Å². The fraction of sp³-hybridized carbons (Fsp3) is 0.208. The van der Waals surface area contributed by atoms with Crippen LogP contribution < -0.4 is 4.74 Å². The zero-order valence-electron chi connectivity index (χ0n) is 16.8. The van der Waals surface area contributed by atoms with Gasteiger partial charge in [-0.15, -0.1) is 0 Å². The van der Waals surface area contributed by atoms with Crippen molar-refractivity contribution in [2.75, 3.05) is 7.11 Å². The van der Waals surface area contributed by atoms with Crippen molar-refractivity contribution >= 4 is 36.6 Å². The molecule has 1 heterocycles. The molecule has 29 heavy (non-hydrogen) atoms. The lowest BCUT2D eigenvalue weighted by Crippen LogP contribution is -2.23. The first-order chi connectivity index (χ1) is 13.8. The molecule has 0 saturated carbocycles. The van der Waals surface area contributed by atoms with Crippen LogP contribution in [0.3, 0.4) is 0 Å². The molecule has 4 aromatic rings. The van der Waals surface area contributed by atoms with E-state index in [0.29, 0.717) is 5.56 Å². The third-order valence-corrected chi connectivity index (χ3v) is 6.89. The normalized spacial score (nSPS) is 12.4. The summed E-state index contributed by atoms with van der Waals surface area (Å²) >= 11 is 0. The Morgan fingerprint density at radius 1 is 0.931 bits per heavy atom. The molecule has 0 aliphatic rings. The highest BCUT2D eigenvalue weighted by atomic mass is 32.2. The number of carbonyl (C=O) groups is 1. The van der Waals surface area contributed by atoms with Crippen molar-refractivity contribution in [2.24, 2.45) is 0 Å². The lowest BCUT2D eigenvalue weighted by atomic mass is 10.1. The van der Waals surface area contributed by atoms with E-state index in [1.807, 2.05) is 57.2 Å². The number of rotatable bonds is 3. The highest BCUT2D eigenvalue weighted by Crippen LogP contribution is 2.49. The van der Waals surface area contributed by atoms with Crippen molar-refractivity contribution in [1.82, 2.24) is 0 Å². The molecular weight excluding hydrogens is 387 g/mol. The molecule has 0 saturated heterocycles. The summed E-state index contributed by atoms with van der Waals surface area (Å²) in [5, 5.41) is 2.05. The average Bonchev–Trinajstić information content (AvgIpc) is 3.02. The maximum Gasteiger partial charge on any atom is 0.337 e. The lowest BCUT2D eigenvalue weighted by Gasteiger charge is -2.21. The van der Waals surface area contributed by atoms with Crippen LogP contribution in [0.15, 0.2) is 60.7 Å². The van der Waals surface area contributed by atoms with Gasteiger partial charge in [-0.25, -0.2) is 9.18 Å². The van der Waals surface area contributed by atoms with Crippen LogP contribution in [-0.2, 0) is 4.74 Å². The quantitative estimate of drug-likeness (QED) is 0.275. The SMILES string of the molecule is COC(=O)c1ccc2c(c1)c1ccccc1[s+]2-c1ccc(OC(C)(C)C)c(F)c1. The first-order valence-electron chi connectivity index (χ1n) is 9.33. The lowest BCUT2D eigenvalue weighted by molar-refractivity contribution is 0.0601. The van der Waals surface area contributed by atoms with Crippen LogP contribution in [0.5, 0.6) is 5.75 Å². The first kappa shape index (κ1) is 19.4. The fourth-order valence-corrected chi connectivity index (χ4v) is 5.80. The smallest absolute Gasteiger partial charge is 0.337 e. The Balaban J connectivity index is 1.93. The molecule has 0 aliphatic carbocycles. The molecular formula is C24H22FO3S+. The van der Waals surface area contributed by atoms with Crippen LogP contribution in [-0.4, -0.2) is 18.7 Å². The van der Waals surface area contributed by atoms with Crippen LogP contribution in [0.2, 0.25) is 0 Å². The van der Waals surface area contributed by atoms with Crippen molar-refractivity contribution in [3.63, 3.8) is 0 Å². The first-order valence-corrected chi connectivity index (χ1v) is 10.6. The molecule has 3 aromatic carbocycles. The van der Waals surface area contributed by atoms with Gasteiger partial charge in [-0.05, 0) is 57.2 Å². The molecule has 0 radical (unpaired) electrons. The number of methoxy groups -OCH3 is 1. The van der Waals surface area contributed by atoms with Gasteiger partial charge in [0.1, 0.15) is 5.60 Å². The maximum atomic E-state index is 14.8. The molecule has 0 spiro atoms. The van der Waals surface area contributed by atoms with Gasteiger partial charge in [-0.2, -0.15) is 0 Å². The van der Waals surface area contributed by atoms with Crippen molar-refractivity contribution in [1.29, 1.82) is 0 Å². The predicted molar refractivity (Wildman–Crippen MR) is 117 cm³/mol. The number of hydrogen-bond donors (Lipinski definition) is 0. The topological polar surface area (TPSA) is 35.5 Å². The summed E-state index contributed by atoms with van der Waals surface area (Å²) < 4.78 is 27.6. The van der Waals surface area contributed by atoms with Gasteiger partial charge in [-0.1, -0.05) is 12.1 Å². The Morgan fingerprint density at radius 3 is 2.34 bits per heavy atom. The Bertz CT molecular complexity index is 1230. The maximum absolute atomic E-state index is 14.8. The average molecular weight is 410 g/mol. The molecule has 0 fully saturated rings. The monoisotopic (exact) mass is 409 g/mol. The second-order valence-corrected chi connectivity index (χ2v) is 9.77. The molecule has 5 heteroatoms. The van der Waals surface area contributed by atoms with Gasteiger partial charge in [0, 0.05) is 33.4 Å². The summed E-state index contributed by atoms with van der Waals surface area (Å²) in [5.74, 6) is -0.493. The zero-order valence-corrected chi connectivity index (χ0v) is 17.6. The molecule has 0 aliphatic heterocycles. The van der Waals surface area contributed by atoms with E-state index in [1.165, 1.54) is 7.11 Å². The van der Waals surface area contributed by atoms with Crippen LogP contribution in [0, 0.1) is 5.82 Å². The van der Waals surface area contributed by atoms with E-state index in [9.17, 15) is 9.18 Å². The van der Waals surface area contributed by atoms with Gasteiger partial charge < -0.3 is 9.47 Å². The molecule has 0 amide bonds. The minimum atomic E-state index is -0.471. The number of halogens is 1. The predicted octanol–water partition coefficient (Wildman–Crippen LogP) is 6.83. The summed E-state index contributed by atoms with van der Waals surface area (Å²) in [5.41, 5.74) is 0.0354. The minimum Gasteiger partial charge on any atom is -0.485 e. The Kier molecular flexibility index (Phi) is 4.79. The van der Waals surface area contributed by atoms with Crippen LogP contribution >= 0.6 is 10.5 Å². The van der Waals surface area contributed by atoms with E-state index in [4.69, 9.17) is 9.47 Å². The Hall–Kier alpha value is -2.92. The third kappa shape index (κ3) is 3.58. The van der Waals surface area contributed by atoms with E-state index < -0.39 is 16.1 Å². The highest BCUT2D eigenvalue weighted by Gasteiger charge is 2.26. The number of hydrogen-bond acceptors (Lipinski definition) is 3. The molecule has 3 nitrogen and oxygen atoms in total. The number of carbonyl (C=O) groups excluding carboxylic acids is 1. The van der Waals surface area contributed by atoms with Gasteiger partial charge in [-0.3, -0.25) is 0 Å². The largest absolute Gasteiger partial charge is 0.485 e. The van der Waals surface area contributed by atoms with Crippen LogP contribution in [0.25, 0.3) is 25.1 Å². The number of thiophene rings is 1. The van der Waals surface area contributed by atoms with Gasteiger partial charge in [0.25, 0.3) is 0 Å². The van der Waals surface area contributed by atoms with Gasteiger partial charge in [0.15, 0.2) is 25.9 Å². The summed E-state index contributed by atoms with van der Waals surface area (Å²) in [4.78, 5) is 12.9. The molecule has 1 aromatic heterocycles. The Labute approximate surface area is 171 Å². The van der Waals surface area contributed by atoms with Gasteiger partial charge >= 0.3 is 5.97 Å².